The maximum Gasteiger partial charge on any atom is 0.234 e. The van der Waals surface area contributed by atoms with Gasteiger partial charge in [-0.1, -0.05) is 18.2 Å². The number of benzene rings is 2. The molecule has 3 N–H and O–H groups in total. The predicted octanol–water partition coefficient (Wildman–Crippen LogP) is 2.69. The summed E-state index contributed by atoms with van der Waals surface area (Å²) in [5.41, 5.74) is 2.04. The molecule has 0 atom stereocenters. The van der Waals surface area contributed by atoms with Crippen LogP contribution in [-0.2, 0) is 16.6 Å². The van der Waals surface area contributed by atoms with Crippen molar-refractivity contribution in [3.05, 3.63) is 64.7 Å². The Balaban J connectivity index is 1.83. The molecule has 2 rings (SSSR count). The number of halogens is 2. The first kappa shape index (κ1) is 21.6. The van der Waals surface area contributed by atoms with Gasteiger partial charge in [0.1, 0.15) is 11.6 Å². The van der Waals surface area contributed by atoms with Crippen molar-refractivity contribution in [1.82, 2.24) is 10.6 Å². The fourth-order valence-corrected chi connectivity index (χ4v) is 3.37. The van der Waals surface area contributed by atoms with E-state index in [0.717, 1.165) is 11.6 Å². The minimum absolute atomic E-state index is 0.103. The zero-order valence-corrected chi connectivity index (χ0v) is 16.8. The van der Waals surface area contributed by atoms with Gasteiger partial charge in [0.05, 0.1) is 11.4 Å². The summed E-state index contributed by atoms with van der Waals surface area (Å²) < 4.78 is 53.5. The predicted molar refractivity (Wildman–Crippen MR) is 108 cm³/mol. The second-order valence-corrected chi connectivity index (χ2v) is 8.16. The second kappa shape index (κ2) is 9.50. The van der Waals surface area contributed by atoms with E-state index in [9.17, 15) is 17.2 Å². The smallest absolute Gasteiger partial charge is 0.234 e. The van der Waals surface area contributed by atoms with Gasteiger partial charge in [0.25, 0.3) is 0 Å². The fraction of sp³-hybridized carbons (Fsp3) is 0.316. The standard InChI is InChI=1S/C19H24F2N4O2S/c1-13-4-6-16(11-18(13)21)25-28(26,27)9-8-23-19(22-3)24-12-15-5-7-17(20)14(2)10-15/h4-7,10-11,25H,8-9,12H2,1-3H3,(H2,22,23,24). The molecule has 0 amide bonds. The van der Waals surface area contributed by atoms with Crippen LogP contribution in [0.1, 0.15) is 16.7 Å². The zero-order valence-electron chi connectivity index (χ0n) is 16.0. The van der Waals surface area contributed by atoms with Crippen LogP contribution >= 0.6 is 0 Å². The number of rotatable bonds is 7. The first-order chi connectivity index (χ1) is 13.2. The average molecular weight is 410 g/mol. The molecule has 0 saturated heterocycles. The van der Waals surface area contributed by atoms with Crippen LogP contribution in [-0.4, -0.2) is 33.7 Å². The highest BCUT2D eigenvalue weighted by atomic mass is 32.2. The number of guanidine groups is 1. The van der Waals surface area contributed by atoms with E-state index in [1.807, 2.05) is 0 Å². The van der Waals surface area contributed by atoms with Gasteiger partial charge in [0, 0.05) is 20.1 Å². The topological polar surface area (TPSA) is 82.6 Å². The Hall–Kier alpha value is -2.68. The van der Waals surface area contributed by atoms with Crippen molar-refractivity contribution in [2.75, 3.05) is 24.1 Å². The Morgan fingerprint density at radius 1 is 1.00 bits per heavy atom. The number of hydrogen-bond acceptors (Lipinski definition) is 3. The SMILES string of the molecule is CN=C(NCCS(=O)(=O)Nc1ccc(C)c(F)c1)NCc1ccc(F)c(C)c1. The highest BCUT2D eigenvalue weighted by molar-refractivity contribution is 7.92. The van der Waals surface area contributed by atoms with E-state index in [4.69, 9.17) is 0 Å². The molecule has 0 fully saturated rings. The van der Waals surface area contributed by atoms with Crippen LogP contribution in [0.25, 0.3) is 0 Å². The number of nitrogens with one attached hydrogen (secondary N) is 3. The summed E-state index contributed by atoms with van der Waals surface area (Å²) in [6.45, 7) is 3.80. The molecule has 28 heavy (non-hydrogen) atoms. The number of anilines is 1. The molecular weight excluding hydrogens is 386 g/mol. The van der Waals surface area contributed by atoms with Crippen molar-refractivity contribution in [2.24, 2.45) is 4.99 Å². The van der Waals surface area contributed by atoms with E-state index in [1.165, 1.54) is 18.2 Å². The third-order valence-electron chi connectivity index (χ3n) is 4.01. The van der Waals surface area contributed by atoms with Crippen LogP contribution in [0.3, 0.4) is 0 Å². The molecule has 2 aromatic carbocycles. The van der Waals surface area contributed by atoms with Gasteiger partial charge in [0.15, 0.2) is 5.96 Å². The third kappa shape index (κ3) is 6.49. The molecule has 0 unspecified atom stereocenters. The molecule has 0 aliphatic heterocycles. The highest BCUT2D eigenvalue weighted by Gasteiger charge is 2.12. The molecule has 152 valence electrons. The van der Waals surface area contributed by atoms with Crippen molar-refractivity contribution in [3.63, 3.8) is 0 Å². The van der Waals surface area contributed by atoms with Crippen molar-refractivity contribution in [1.29, 1.82) is 0 Å². The van der Waals surface area contributed by atoms with Gasteiger partial charge >= 0.3 is 0 Å². The second-order valence-electron chi connectivity index (χ2n) is 6.32. The summed E-state index contributed by atoms with van der Waals surface area (Å²) in [6.07, 6.45) is 0. The van der Waals surface area contributed by atoms with E-state index in [2.05, 4.69) is 20.3 Å². The van der Waals surface area contributed by atoms with Crippen LogP contribution in [0.4, 0.5) is 14.5 Å². The van der Waals surface area contributed by atoms with Gasteiger partial charge in [-0.15, -0.1) is 0 Å². The number of sulfonamides is 1. The lowest BCUT2D eigenvalue weighted by Gasteiger charge is -2.13. The lowest BCUT2D eigenvalue weighted by molar-refractivity contribution is 0.599. The van der Waals surface area contributed by atoms with Crippen LogP contribution in [0.2, 0.25) is 0 Å². The molecule has 0 aliphatic rings. The Bertz CT molecular complexity index is 962. The Morgan fingerprint density at radius 3 is 2.39 bits per heavy atom. The molecule has 9 heteroatoms. The molecule has 0 spiro atoms. The van der Waals surface area contributed by atoms with Crippen molar-refractivity contribution >= 4 is 21.7 Å². The fourth-order valence-electron chi connectivity index (χ4n) is 2.41. The molecule has 2 aromatic rings. The molecular formula is C19H24F2N4O2S. The van der Waals surface area contributed by atoms with Crippen LogP contribution in [0.5, 0.6) is 0 Å². The minimum Gasteiger partial charge on any atom is -0.355 e. The summed E-state index contributed by atoms with van der Waals surface area (Å²) in [5.74, 6) is -0.547. The van der Waals surface area contributed by atoms with Crippen molar-refractivity contribution in [2.45, 2.75) is 20.4 Å². The molecule has 6 nitrogen and oxygen atoms in total. The van der Waals surface area contributed by atoms with Gasteiger partial charge in [0.2, 0.25) is 10.0 Å². The van der Waals surface area contributed by atoms with E-state index in [1.54, 1.807) is 33.0 Å². The number of aliphatic imine (C=N–C) groups is 1. The normalized spacial score (nSPS) is 12.0. The van der Waals surface area contributed by atoms with Gasteiger partial charge in [-0.25, -0.2) is 17.2 Å². The Morgan fingerprint density at radius 2 is 1.75 bits per heavy atom. The monoisotopic (exact) mass is 410 g/mol. The maximum atomic E-state index is 13.5. The Kier molecular flexibility index (Phi) is 7.33. The summed E-state index contributed by atoms with van der Waals surface area (Å²) in [6, 6.07) is 8.95. The molecule has 0 bridgehead atoms. The van der Waals surface area contributed by atoms with Gasteiger partial charge in [-0.05, 0) is 48.7 Å². The van der Waals surface area contributed by atoms with E-state index in [0.29, 0.717) is 23.6 Å². The number of nitrogens with zero attached hydrogens (tertiary/aromatic N) is 1. The highest BCUT2D eigenvalue weighted by Crippen LogP contribution is 2.15. The average Bonchev–Trinajstić information content (AvgIpc) is 2.63. The van der Waals surface area contributed by atoms with Crippen LogP contribution in [0, 0.1) is 25.5 Å². The van der Waals surface area contributed by atoms with E-state index in [-0.39, 0.29) is 23.8 Å². The molecule has 0 aliphatic carbocycles. The van der Waals surface area contributed by atoms with Gasteiger partial charge < -0.3 is 10.6 Å². The number of hydrogen-bond donors (Lipinski definition) is 3. The molecule has 0 radical (unpaired) electrons. The summed E-state index contributed by atoms with van der Waals surface area (Å²) >= 11 is 0. The van der Waals surface area contributed by atoms with Crippen LogP contribution < -0.4 is 15.4 Å². The van der Waals surface area contributed by atoms with E-state index < -0.39 is 15.8 Å². The quantitative estimate of drug-likeness (QED) is 0.484. The lowest BCUT2D eigenvalue weighted by atomic mass is 10.1. The number of aryl methyl sites for hydroxylation is 2. The molecule has 0 aromatic heterocycles. The third-order valence-corrected chi connectivity index (χ3v) is 5.30. The maximum absolute atomic E-state index is 13.5. The lowest BCUT2D eigenvalue weighted by Crippen LogP contribution is -2.39. The first-order valence-electron chi connectivity index (χ1n) is 8.66. The van der Waals surface area contributed by atoms with Gasteiger partial charge in [-0.3, -0.25) is 9.71 Å². The molecule has 0 saturated carbocycles. The van der Waals surface area contributed by atoms with E-state index >= 15 is 0 Å². The van der Waals surface area contributed by atoms with Gasteiger partial charge in [-0.2, -0.15) is 0 Å². The van der Waals surface area contributed by atoms with Crippen LogP contribution in [0.15, 0.2) is 41.4 Å². The van der Waals surface area contributed by atoms with Crippen molar-refractivity contribution in [3.8, 4) is 0 Å². The Labute approximate surface area is 164 Å². The largest absolute Gasteiger partial charge is 0.355 e. The summed E-state index contributed by atoms with van der Waals surface area (Å²) in [7, 11) is -2.09. The zero-order chi connectivity index (χ0) is 20.7. The minimum atomic E-state index is -3.65. The van der Waals surface area contributed by atoms with Crippen molar-refractivity contribution < 1.29 is 17.2 Å². The molecule has 0 heterocycles. The summed E-state index contributed by atoms with van der Waals surface area (Å²) in [5, 5.41) is 5.93. The summed E-state index contributed by atoms with van der Waals surface area (Å²) in [4.78, 5) is 4.02. The first-order valence-corrected chi connectivity index (χ1v) is 10.3.